The summed E-state index contributed by atoms with van der Waals surface area (Å²) < 4.78 is 0.946. The minimum Gasteiger partial charge on any atom is -0.384 e. The minimum atomic E-state index is 0.0822. The topological polar surface area (TPSA) is 53.1 Å². The monoisotopic (exact) mass is 331 g/mol. The summed E-state index contributed by atoms with van der Waals surface area (Å²) in [5, 5.41) is 7.46. The number of benzene rings is 2. The maximum Gasteiger partial charge on any atom is 0.122 e. The first-order valence-corrected chi connectivity index (χ1v) is 7.18. The van der Waals surface area contributed by atoms with Gasteiger partial charge in [-0.15, -0.1) is 0 Å². The van der Waals surface area contributed by atoms with E-state index in [0.717, 1.165) is 22.3 Å². The van der Waals surface area contributed by atoms with Crippen LogP contribution in [0.4, 0.5) is 5.69 Å². The van der Waals surface area contributed by atoms with E-state index in [1.54, 1.807) is 0 Å². The van der Waals surface area contributed by atoms with Crippen molar-refractivity contribution in [3.63, 3.8) is 0 Å². The van der Waals surface area contributed by atoms with Crippen molar-refractivity contribution in [2.75, 3.05) is 11.9 Å². The summed E-state index contributed by atoms with van der Waals surface area (Å²) in [6.45, 7) is 2.96. The van der Waals surface area contributed by atoms with Crippen molar-refractivity contribution in [3.8, 4) is 0 Å². The Morgan fingerprint density at radius 3 is 2.55 bits per heavy atom. The molecule has 0 heterocycles. The Morgan fingerprint density at radius 1 is 1.25 bits per heavy atom. The normalized spacial score (nSPS) is 10.3. The van der Waals surface area contributed by atoms with E-state index >= 15 is 0 Å². The van der Waals surface area contributed by atoms with Crippen molar-refractivity contribution >= 4 is 27.5 Å². The van der Waals surface area contributed by atoms with Gasteiger partial charge in [-0.2, -0.15) is 0 Å². The largest absolute Gasteiger partial charge is 0.384 e. The Hall–Kier alpha value is -1.81. The van der Waals surface area contributed by atoms with Gasteiger partial charge in [0.05, 0.1) is 5.69 Å². The first-order valence-electron chi connectivity index (χ1n) is 6.38. The van der Waals surface area contributed by atoms with E-state index in [9.17, 15) is 0 Å². The fourth-order valence-corrected chi connectivity index (χ4v) is 2.79. The molecule has 0 amide bonds. The summed E-state index contributed by atoms with van der Waals surface area (Å²) in [6.07, 6.45) is 0. The van der Waals surface area contributed by atoms with Gasteiger partial charge in [-0.05, 0) is 52.2 Å². The van der Waals surface area contributed by atoms with Gasteiger partial charge in [0.15, 0.2) is 0 Å². The lowest BCUT2D eigenvalue weighted by Crippen LogP contribution is -2.18. The molecule has 3 N–H and O–H groups in total. The molecule has 0 fully saturated rings. The van der Waals surface area contributed by atoms with Gasteiger partial charge in [-0.3, -0.25) is 5.41 Å². The number of nitrogens with two attached hydrogens (primary N) is 1. The van der Waals surface area contributed by atoms with Crippen molar-refractivity contribution in [2.45, 2.75) is 13.5 Å². The lowest BCUT2D eigenvalue weighted by molar-refractivity contribution is 0.911. The van der Waals surface area contributed by atoms with Crippen LogP contribution in [0.3, 0.4) is 0 Å². The predicted molar refractivity (Wildman–Crippen MR) is 88.4 cm³/mol. The van der Waals surface area contributed by atoms with Gasteiger partial charge in [0.1, 0.15) is 5.84 Å². The molecule has 104 valence electrons. The quantitative estimate of drug-likeness (QED) is 0.663. The van der Waals surface area contributed by atoms with Crippen molar-refractivity contribution in [1.82, 2.24) is 0 Å². The average molecular weight is 332 g/mol. The molecule has 0 spiro atoms. The number of halogens is 1. The number of nitrogens with one attached hydrogen (secondary N) is 1. The number of aryl methyl sites for hydroxylation is 1. The van der Waals surface area contributed by atoms with E-state index in [4.69, 9.17) is 11.1 Å². The van der Waals surface area contributed by atoms with Crippen LogP contribution < -0.4 is 10.6 Å². The molecular formula is C16H18BrN3. The van der Waals surface area contributed by atoms with Crippen molar-refractivity contribution in [3.05, 3.63) is 63.6 Å². The number of amidine groups is 1. The molecule has 20 heavy (non-hydrogen) atoms. The minimum absolute atomic E-state index is 0.0822. The number of hydrogen-bond acceptors (Lipinski definition) is 2. The first-order chi connectivity index (χ1) is 9.49. The van der Waals surface area contributed by atoms with Crippen molar-refractivity contribution in [1.29, 1.82) is 5.41 Å². The number of anilines is 1. The zero-order valence-corrected chi connectivity index (χ0v) is 13.2. The summed E-state index contributed by atoms with van der Waals surface area (Å²) in [7, 11) is 2.06. The molecule has 4 heteroatoms. The average Bonchev–Trinajstić information content (AvgIpc) is 2.41. The van der Waals surface area contributed by atoms with E-state index < -0.39 is 0 Å². The van der Waals surface area contributed by atoms with Crippen LogP contribution in [-0.2, 0) is 6.54 Å². The molecule has 0 saturated heterocycles. The number of nitrogen functional groups attached to an aromatic ring is 1. The van der Waals surface area contributed by atoms with Crippen LogP contribution in [0.5, 0.6) is 0 Å². The third-order valence-corrected chi connectivity index (χ3v) is 3.97. The highest BCUT2D eigenvalue weighted by Crippen LogP contribution is 2.28. The van der Waals surface area contributed by atoms with Gasteiger partial charge in [0.2, 0.25) is 0 Å². The molecule has 0 aliphatic rings. The van der Waals surface area contributed by atoms with Crippen molar-refractivity contribution < 1.29 is 0 Å². The second-order valence-corrected chi connectivity index (χ2v) is 5.72. The van der Waals surface area contributed by atoms with Gasteiger partial charge in [0.25, 0.3) is 0 Å². The predicted octanol–water partition coefficient (Wildman–Crippen LogP) is 3.68. The molecule has 3 nitrogen and oxygen atoms in total. The van der Waals surface area contributed by atoms with Crippen LogP contribution in [0.1, 0.15) is 16.7 Å². The third-order valence-electron chi connectivity index (χ3n) is 3.34. The Kier molecular flexibility index (Phi) is 4.45. The van der Waals surface area contributed by atoms with E-state index in [2.05, 4.69) is 59.1 Å². The highest BCUT2D eigenvalue weighted by Gasteiger charge is 2.09. The standard InChI is InChI=1S/C16H18BrN3/c1-11-5-3-4-6-13(11)10-20(2)15-8-7-12(16(18)19)9-14(15)17/h3-9H,10H2,1-2H3,(H3,18,19). The molecule has 0 bridgehead atoms. The molecule has 0 aliphatic heterocycles. The molecule has 0 atom stereocenters. The molecule has 0 aromatic heterocycles. The highest BCUT2D eigenvalue weighted by atomic mass is 79.9. The maximum absolute atomic E-state index is 7.46. The van der Waals surface area contributed by atoms with E-state index in [1.165, 1.54) is 11.1 Å². The van der Waals surface area contributed by atoms with Gasteiger partial charge in [-0.1, -0.05) is 24.3 Å². The summed E-state index contributed by atoms with van der Waals surface area (Å²) in [5.74, 6) is 0.0822. The third kappa shape index (κ3) is 3.20. The van der Waals surface area contributed by atoms with Gasteiger partial charge in [0, 0.05) is 23.6 Å². The molecule has 0 radical (unpaired) electrons. The summed E-state index contributed by atoms with van der Waals surface area (Å²) in [4.78, 5) is 2.18. The van der Waals surface area contributed by atoms with Crippen LogP contribution in [-0.4, -0.2) is 12.9 Å². The molecule has 2 rings (SSSR count). The lowest BCUT2D eigenvalue weighted by atomic mass is 10.1. The summed E-state index contributed by atoms with van der Waals surface area (Å²) >= 11 is 3.55. The first kappa shape index (κ1) is 14.6. The summed E-state index contributed by atoms with van der Waals surface area (Å²) in [5.41, 5.74) is 9.90. The maximum atomic E-state index is 7.46. The van der Waals surface area contributed by atoms with E-state index in [1.807, 2.05) is 18.2 Å². The van der Waals surface area contributed by atoms with Gasteiger partial charge < -0.3 is 10.6 Å². The Labute approximate surface area is 128 Å². The number of rotatable bonds is 4. The Balaban J connectivity index is 2.23. The number of hydrogen-bond donors (Lipinski definition) is 2. The van der Waals surface area contributed by atoms with E-state index in [-0.39, 0.29) is 5.84 Å². The molecule has 0 saturated carbocycles. The molecule has 2 aromatic rings. The van der Waals surface area contributed by atoms with Crippen LogP contribution in [0, 0.1) is 12.3 Å². The van der Waals surface area contributed by atoms with Crippen molar-refractivity contribution in [2.24, 2.45) is 5.73 Å². The highest BCUT2D eigenvalue weighted by molar-refractivity contribution is 9.10. The van der Waals surface area contributed by atoms with Gasteiger partial charge in [-0.25, -0.2) is 0 Å². The van der Waals surface area contributed by atoms with Crippen LogP contribution in [0.25, 0.3) is 0 Å². The number of nitrogens with zero attached hydrogens (tertiary/aromatic N) is 1. The van der Waals surface area contributed by atoms with Crippen LogP contribution in [0.15, 0.2) is 46.9 Å². The fourth-order valence-electron chi connectivity index (χ4n) is 2.11. The second kappa shape index (κ2) is 6.09. The second-order valence-electron chi connectivity index (χ2n) is 4.86. The zero-order valence-electron chi connectivity index (χ0n) is 11.7. The van der Waals surface area contributed by atoms with E-state index in [0.29, 0.717) is 0 Å². The molecule has 2 aromatic carbocycles. The fraction of sp³-hybridized carbons (Fsp3) is 0.188. The SMILES string of the molecule is Cc1ccccc1CN(C)c1ccc(C(=N)N)cc1Br. The smallest absolute Gasteiger partial charge is 0.122 e. The lowest BCUT2D eigenvalue weighted by Gasteiger charge is -2.22. The van der Waals surface area contributed by atoms with Gasteiger partial charge >= 0.3 is 0 Å². The molecular weight excluding hydrogens is 314 g/mol. The van der Waals surface area contributed by atoms with Crippen LogP contribution in [0.2, 0.25) is 0 Å². The zero-order chi connectivity index (χ0) is 14.7. The Bertz CT molecular complexity index is 637. The van der Waals surface area contributed by atoms with Crippen LogP contribution >= 0.6 is 15.9 Å². The molecule has 0 unspecified atom stereocenters. The summed E-state index contributed by atoms with van der Waals surface area (Å²) in [6, 6.07) is 14.1. The Morgan fingerprint density at radius 2 is 1.95 bits per heavy atom. The molecule has 0 aliphatic carbocycles.